The van der Waals surface area contributed by atoms with Crippen molar-refractivity contribution in [1.29, 1.82) is 0 Å². The quantitative estimate of drug-likeness (QED) is 0.925. The van der Waals surface area contributed by atoms with Crippen molar-refractivity contribution in [3.05, 3.63) is 35.4 Å². The first kappa shape index (κ1) is 14.8. The van der Waals surface area contributed by atoms with E-state index in [1.54, 1.807) is 0 Å². The molecule has 0 radical (unpaired) electrons. The number of aryl methyl sites for hydroxylation is 1. The normalized spacial score (nSPS) is 18.9. The maximum absolute atomic E-state index is 12.6. The number of hydrogen-bond donors (Lipinski definition) is 1. The summed E-state index contributed by atoms with van der Waals surface area (Å²) in [5.74, 6) is -1.23. The van der Waals surface area contributed by atoms with Gasteiger partial charge in [0.05, 0.1) is 13.1 Å². The van der Waals surface area contributed by atoms with Gasteiger partial charge in [0.15, 0.2) is 0 Å². The maximum Gasteiger partial charge on any atom is 0.401 e. The molecule has 1 aliphatic rings. The Kier molecular flexibility index (Phi) is 4.32. The lowest BCUT2D eigenvalue weighted by Crippen LogP contribution is -2.46. The molecule has 1 N–H and O–H groups in total. The van der Waals surface area contributed by atoms with Gasteiger partial charge in [-0.2, -0.15) is 13.2 Å². The largest absolute Gasteiger partial charge is 0.480 e. The third-order valence-electron chi connectivity index (χ3n) is 3.56. The van der Waals surface area contributed by atoms with Gasteiger partial charge in [-0.05, 0) is 30.4 Å². The minimum atomic E-state index is -4.38. The number of carboxylic acids is 1. The van der Waals surface area contributed by atoms with Crippen molar-refractivity contribution < 1.29 is 23.1 Å². The summed E-state index contributed by atoms with van der Waals surface area (Å²) in [7, 11) is 0. The van der Waals surface area contributed by atoms with Crippen LogP contribution in [0.25, 0.3) is 0 Å². The average Bonchev–Trinajstić information content (AvgIpc) is 2.35. The minimum absolute atomic E-state index is 0.373. The predicted octanol–water partition coefficient (Wildman–Crippen LogP) is 2.49. The molecule has 0 saturated carbocycles. The van der Waals surface area contributed by atoms with Crippen molar-refractivity contribution in [3.8, 4) is 0 Å². The molecule has 1 aromatic carbocycles. The highest BCUT2D eigenvalue weighted by Gasteiger charge is 2.35. The number of fused-ring (bicyclic) bond motifs is 1. The van der Waals surface area contributed by atoms with Gasteiger partial charge >= 0.3 is 12.1 Å². The summed E-state index contributed by atoms with van der Waals surface area (Å²) in [5, 5.41) is 8.80. The molecule has 0 heterocycles. The maximum atomic E-state index is 12.6. The predicted molar refractivity (Wildman–Crippen MR) is 67.5 cm³/mol. The lowest BCUT2D eigenvalue weighted by molar-refractivity contribution is -0.158. The van der Waals surface area contributed by atoms with E-state index in [2.05, 4.69) is 0 Å². The molecule has 2 rings (SSSR count). The molecule has 0 bridgehead atoms. The Hall–Kier alpha value is -1.56. The fourth-order valence-electron chi connectivity index (χ4n) is 2.71. The van der Waals surface area contributed by atoms with Gasteiger partial charge in [-0.25, -0.2) is 0 Å². The SMILES string of the molecule is O=C(O)CN(CC(F)(F)F)C1CCc2ccccc2C1. The fraction of sp³-hybridized carbons (Fsp3) is 0.500. The second kappa shape index (κ2) is 5.83. The average molecular weight is 287 g/mol. The van der Waals surface area contributed by atoms with Gasteiger partial charge in [0.1, 0.15) is 0 Å². The number of rotatable bonds is 4. The van der Waals surface area contributed by atoms with Crippen LogP contribution in [0.4, 0.5) is 13.2 Å². The molecule has 0 fully saturated rings. The van der Waals surface area contributed by atoms with Crippen LogP contribution in [-0.2, 0) is 17.6 Å². The topological polar surface area (TPSA) is 40.5 Å². The summed E-state index contributed by atoms with van der Waals surface area (Å²) in [6, 6.07) is 7.25. The molecule has 0 saturated heterocycles. The molecule has 0 aliphatic heterocycles. The number of hydrogen-bond acceptors (Lipinski definition) is 2. The lowest BCUT2D eigenvalue weighted by atomic mass is 9.87. The Balaban J connectivity index is 2.12. The van der Waals surface area contributed by atoms with Gasteiger partial charge in [-0.15, -0.1) is 0 Å². The first-order chi connectivity index (χ1) is 9.35. The molecule has 1 aromatic rings. The van der Waals surface area contributed by atoms with Gasteiger partial charge < -0.3 is 5.11 Å². The van der Waals surface area contributed by atoms with E-state index < -0.39 is 25.2 Å². The van der Waals surface area contributed by atoms with Crippen LogP contribution in [0.5, 0.6) is 0 Å². The van der Waals surface area contributed by atoms with E-state index in [0.29, 0.717) is 19.3 Å². The Morgan fingerprint density at radius 1 is 1.30 bits per heavy atom. The van der Waals surface area contributed by atoms with Crippen molar-refractivity contribution in [3.63, 3.8) is 0 Å². The van der Waals surface area contributed by atoms with Crippen molar-refractivity contribution in [2.75, 3.05) is 13.1 Å². The van der Waals surface area contributed by atoms with E-state index in [0.717, 1.165) is 16.0 Å². The molecule has 0 spiro atoms. The minimum Gasteiger partial charge on any atom is -0.480 e. The van der Waals surface area contributed by atoms with Crippen LogP contribution >= 0.6 is 0 Å². The molecule has 1 unspecified atom stereocenters. The van der Waals surface area contributed by atoms with Crippen LogP contribution in [0.3, 0.4) is 0 Å². The molecule has 0 aromatic heterocycles. The fourth-order valence-corrected chi connectivity index (χ4v) is 2.71. The number of alkyl halides is 3. The van der Waals surface area contributed by atoms with Gasteiger partial charge in [0.2, 0.25) is 0 Å². The zero-order chi connectivity index (χ0) is 14.8. The third-order valence-corrected chi connectivity index (χ3v) is 3.56. The summed E-state index contributed by atoms with van der Waals surface area (Å²) in [4.78, 5) is 11.8. The monoisotopic (exact) mass is 287 g/mol. The second-order valence-electron chi connectivity index (χ2n) is 5.08. The third kappa shape index (κ3) is 3.96. The van der Waals surface area contributed by atoms with Gasteiger partial charge in [0, 0.05) is 6.04 Å². The molecule has 110 valence electrons. The van der Waals surface area contributed by atoms with Crippen LogP contribution in [0.15, 0.2) is 24.3 Å². The number of halogens is 3. The highest BCUT2D eigenvalue weighted by Crippen LogP contribution is 2.27. The zero-order valence-corrected chi connectivity index (χ0v) is 10.9. The Bertz CT molecular complexity index is 488. The molecule has 6 heteroatoms. The highest BCUT2D eigenvalue weighted by atomic mass is 19.4. The zero-order valence-electron chi connectivity index (χ0n) is 10.9. The first-order valence-electron chi connectivity index (χ1n) is 6.44. The van der Waals surface area contributed by atoms with E-state index in [1.165, 1.54) is 0 Å². The van der Waals surface area contributed by atoms with Crippen molar-refractivity contribution >= 4 is 5.97 Å². The van der Waals surface area contributed by atoms with E-state index in [1.807, 2.05) is 24.3 Å². The summed E-state index contributed by atoms with van der Waals surface area (Å²) < 4.78 is 37.7. The summed E-state index contributed by atoms with van der Waals surface area (Å²) >= 11 is 0. The van der Waals surface area contributed by atoms with Gasteiger partial charge in [0.25, 0.3) is 0 Å². The number of aliphatic carboxylic acids is 1. The van der Waals surface area contributed by atoms with Crippen LogP contribution < -0.4 is 0 Å². The number of benzene rings is 1. The van der Waals surface area contributed by atoms with Crippen LogP contribution in [0.1, 0.15) is 17.5 Å². The number of nitrogens with zero attached hydrogens (tertiary/aromatic N) is 1. The number of carbonyl (C=O) groups is 1. The molecule has 1 aliphatic carbocycles. The number of carboxylic acid groups (broad SMARTS) is 1. The van der Waals surface area contributed by atoms with Crippen molar-refractivity contribution in [2.24, 2.45) is 0 Å². The second-order valence-corrected chi connectivity index (χ2v) is 5.08. The van der Waals surface area contributed by atoms with Gasteiger partial charge in [-0.1, -0.05) is 24.3 Å². The molecule has 1 atom stereocenters. The first-order valence-corrected chi connectivity index (χ1v) is 6.44. The van der Waals surface area contributed by atoms with Crippen LogP contribution in [0, 0.1) is 0 Å². The molecular weight excluding hydrogens is 271 g/mol. The Morgan fingerprint density at radius 3 is 2.55 bits per heavy atom. The van der Waals surface area contributed by atoms with Gasteiger partial charge in [-0.3, -0.25) is 9.69 Å². The van der Waals surface area contributed by atoms with Crippen LogP contribution in [-0.4, -0.2) is 41.3 Å². The lowest BCUT2D eigenvalue weighted by Gasteiger charge is -2.34. The standard InChI is InChI=1S/C14H16F3NO2/c15-14(16,17)9-18(8-13(19)20)12-6-5-10-3-1-2-4-11(10)7-12/h1-4,12H,5-9H2,(H,19,20). The Morgan fingerprint density at radius 2 is 1.95 bits per heavy atom. The van der Waals surface area contributed by atoms with E-state index in [4.69, 9.17) is 5.11 Å². The van der Waals surface area contributed by atoms with E-state index >= 15 is 0 Å². The van der Waals surface area contributed by atoms with Crippen molar-refractivity contribution in [2.45, 2.75) is 31.5 Å². The molecule has 20 heavy (non-hydrogen) atoms. The van der Waals surface area contributed by atoms with Crippen LogP contribution in [0.2, 0.25) is 0 Å². The summed E-state index contributed by atoms with van der Waals surface area (Å²) in [6.45, 7) is -1.75. The highest BCUT2D eigenvalue weighted by molar-refractivity contribution is 5.69. The smallest absolute Gasteiger partial charge is 0.401 e. The van der Waals surface area contributed by atoms with E-state index in [9.17, 15) is 18.0 Å². The summed E-state index contributed by atoms with van der Waals surface area (Å²) in [5.41, 5.74) is 2.16. The molecule has 3 nitrogen and oxygen atoms in total. The summed E-state index contributed by atoms with van der Waals surface area (Å²) in [6.07, 6.45) is -2.67. The molecular formula is C14H16F3NO2. The van der Waals surface area contributed by atoms with E-state index in [-0.39, 0.29) is 6.04 Å². The van der Waals surface area contributed by atoms with Crippen molar-refractivity contribution in [1.82, 2.24) is 4.90 Å². The Labute approximate surface area is 115 Å². The molecule has 0 amide bonds.